The number of aromatic nitrogens is 2. The molecule has 5 nitrogen and oxygen atoms in total. The number of nitrogens with zero attached hydrogens (tertiary/aromatic N) is 3. The minimum Gasteiger partial charge on any atom is -0.467 e. The first-order chi connectivity index (χ1) is 12.5. The highest BCUT2D eigenvalue weighted by atomic mass is 16.3. The second-order valence-corrected chi connectivity index (χ2v) is 6.84. The molecule has 0 aromatic carbocycles. The highest BCUT2D eigenvalue weighted by molar-refractivity contribution is 5.96. The fraction of sp³-hybridized carbons (Fsp3) is 0.333. The van der Waals surface area contributed by atoms with Crippen molar-refractivity contribution in [2.24, 2.45) is 0 Å². The van der Waals surface area contributed by atoms with E-state index in [9.17, 15) is 4.79 Å². The van der Waals surface area contributed by atoms with Gasteiger partial charge in [0.05, 0.1) is 18.4 Å². The second-order valence-electron chi connectivity index (χ2n) is 6.84. The third-order valence-electron chi connectivity index (χ3n) is 4.66. The summed E-state index contributed by atoms with van der Waals surface area (Å²) in [5.74, 6) is 0.921. The predicted octanol–water partition coefficient (Wildman–Crippen LogP) is 4.19. The zero-order valence-corrected chi connectivity index (χ0v) is 15.8. The number of hydrogen-bond acceptors (Lipinski definition) is 3. The first kappa shape index (κ1) is 18.0. The molecular weight excluding hydrogens is 326 g/mol. The molecule has 0 aliphatic heterocycles. The Labute approximate surface area is 154 Å². The summed E-state index contributed by atoms with van der Waals surface area (Å²) in [7, 11) is 0. The smallest absolute Gasteiger partial charge is 0.256 e. The van der Waals surface area contributed by atoms with E-state index >= 15 is 0 Å². The Morgan fingerprint density at radius 1 is 1.27 bits per heavy atom. The van der Waals surface area contributed by atoms with Gasteiger partial charge in [-0.1, -0.05) is 6.07 Å². The Balaban J connectivity index is 1.87. The zero-order valence-electron chi connectivity index (χ0n) is 15.8. The lowest BCUT2D eigenvalue weighted by atomic mass is 10.1. The van der Waals surface area contributed by atoms with Crippen molar-refractivity contribution in [1.29, 1.82) is 0 Å². The summed E-state index contributed by atoms with van der Waals surface area (Å²) >= 11 is 0. The second kappa shape index (κ2) is 7.60. The van der Waals surface area contributed by atoms with Gasteiger partial charge in [-0.25, -0.2) is 0 Å². The van der Waals surface area contributed by atoms with Crippen LogP contribution in [0.5, 0.6) is 0 Å². The molecule has 26 heavy (non-hydrogen) atoms. The summed E-state index contributed by atoms with van der Waals surface area (Å²) in [5.41, 5.74) is 3.78. The molecule has 136 valence electrons. The number of rotatable bonds is 6. The largest absolute Gasteiger partial charge is 0.467 e. The number of furan rings is 1. The number of amides is 1. The molecular formula is C21H25N3O2. The Morgan fingerprint density at radius 3 is 2.69 bits per heavy atom. The summed E-state index contributed by atoms with van der Waals surface area (Å²) in [6.45, 7) is 9.26. The highest BCUT2D eigenvalue weighted by Gasteiger charge is 2.24. The molecule has 3 heterocycles. The van der Waals surface area contributed by atoms with E-state index in [-0.39, 0.29) is 11.9 Å². The molecule has 0 saturated carbocycles. The van der Waals surface area contributed by atoms with Gasteiger partial charge in [0.25, 0.3) is 5.91 Å². The van der Waals surface area contributed by atoms with Gasteiger partial charge in [-0.2, -0.15) is 0 Å². The quantitative estimate of drug-likeness (QED) is 0.669. The van der Waals surface area contributed by atoms with Gasteiger partial charge in [-0.3, -0.25) is 9.78 Å². The normalized spacial score (nSPS) is 11.1. The Kier molecular flexibility index (Phi) is 5.26. The van der Waals surface area contributed by atoms with E-state index in [1.807, 2.05) is 69.1 Å². The van der Waals surface area contributed by atoms with Crippen LogP contribution in [0.15, 0.2) is 53.4 Å². The molecule has 0 bridgehead atoms. The molecule has 0 spiro atoms. The molecule has 0 unspecified atom stereocenters. The average molecular weight is 351 g/mol. The number of hydrogen-bond donors (Lipinski definition) is 0. The van der Waals surface area contributed by atoms with E-state index in [2.05, 4.69) is 9.55 Å². The third-order valence-corrected chi connectivity index (χ3v) is 4.66. The fourth-order valence-corrected chi connectivity index (χ4v) is 3.15. The summed E-state index contributed by atoms with van der Waals surface area (Å²) in [6.07, 6.45) is 5.22. The van der Waals surface area contributed by atoms with Gasteiger partial charge in [-0.05, 0) is 57.5 Å². The zero-order chi connectivity index (χ0) is 18.7. The van der Waals surface area contributed by atoms with Crippen LogP contribution < -0.4 is 0 Å². The molecule has 3 aromatic heterocycles. The van der Waals surface area contributed by atoms with Gasteiger partial charge in [0.15, 0.2) is 0 Å². The maximum atomic E-state index is 13.2. The van der Waals surface area contributed by atoms with Crippen molar-refractivity contribution in [2.75, 3.05) is 0 Å². The van der Waals surface area contributed by atoms with E-state index in [1.165, 1.54) is 0 Å². The first-order valence-corrected chi connectivity index (χ1v) is 8.86. The number of carbonyl (C=O) groups excluding carboxylic acids is 1. The van der Waals surface area contributed by atoms with Crippen molar-refractivity contribution >= 4 is 5.91 Å². The van der Waals surface area contributed by atoms with Crippen molar-refractivity contribution < 1.29 is 9.21 Å². The van der Waals surface area contributed by atoms with Crippen LogP contribution in [0.1, 0.15) is 46.9 Å². The maximum absolute atomic E-state index is 13.2. The molecule has 0 fully saturated rings. The molecule has 0 saturated heterocycles. The van der Waals surface area contributed by atoms with Crippen LogP contribution in [0, 0.1) is 13.8 Å². The van der Waals surface area contributed by atoms with Crippen LogP contribution in [0.2, 0.25) is 0 Å². The lowest BCUT2D eigenvalue weighted by Crippen LogP contribution is -2.36. The standard InChI is InChI=1S/C21H25N3O2/c1-15(2)23(13-18-7-5-9-22-12-18)21(25)20-11-16(3)24(17(20)4)14-19-8-6-10-26-19/h5-12,15H,13-14H2,1-4H3. The fourth-order valence-electron chi connectivity index (χ4n) is 3.15. The van der Waals surface area contributed by atoms with Crippen LogP contribution in [-0.4, -0.2) is 26.4 Å². The van der Waals surface area contributed by atoms with E-state index in [0.717, 1.165) is 28.3 Å². The summed E-state index contributed by atoms with van der Waals surface area (Å²) in [6, 6.07) is 9.78. The minimum atomic E-state index is 0.0441. The van der Waals surface area contributed by atoms with Gasteiger partial charge >= 0.3 is 0 Å². The third kappa shape index (κ3) is 3.72. The van der Waals surface area contributed by atoms with Gasteiger partial charge in [-0.15, -0.1) is 0 Å². The SMILES string of the molecule is Cc1cc(C(=O)N(Cc2cccnc2)C(C)C)c(C)n1Cc1ccco1. The van der Waals surface area contributed by atoms with Crippen LogP contribution in [0.4, 0.5) is 0 Å². The minimum absolute atomic E-state index is 0.0441. The highest BCUT2D eigenvalue weighted by Crippen LogP contribution is 2.21. The van der Waals surface area contributed by atoms with Crippen molar-refractivity contribution in [3.8, 4) is 0 Å². The van der Waals surface area contributed by atoms with Gasteiger partial charge in [0.2, 0.25) is 0 Å². The van der Waals surface area contributed by atoms with E-state index in [1.54, 1.807) is 12.5 Å². The van der Waals surface area contributed by atoms with Crippen LogP contribution in [0.25, 0.3) is 0 Å². The molecule has 0 radical (unpaired) electrons. The van der Waals surface area contributed by atoms with Crippen molar-refractivity contribution in [3.63, 3.8) is 0 Å². The number of carbonyl (C=O) groups is 1. The Morgan fingerprint density at radius 2 is 2.08 bits per heavy atom. The molecule has 0 N–H and O–H groups in total. The summed E-state index contributed by atoms with van der Waals surface area (Å²) in [5, 5.41) is 0. The van der Waals surface area contributed by atoms with Gasteiger partial charge < -0.3 is 13.9 Å². The molecule has 3 rings (SSSR count). The Hall–Kier alpha value is -2.82. The molecule has 0 aliphatic rings. The first-order valence-electron chi connectivity index (χ1n) is 8.86. The van der Waals surface area contributed by atoms with Crippen LogP contribution >= 0.6 is 0 Å². The molecule has 0 aliphatic carbocycles. The summed E-state index contributed by atoms with van der Waals surface area (Å²) in [4.78, 5) is 19.3. The van der Waals surface area contributed by atoms with E-state index in [0.29, 0.717) is 13.1 Å². The van der Waals surface area contributed by atoms with Gasteiger partial charge in [0.1, 0.15) is 5.76 Å². The monoisotopic (exact) mass is 351 g/mol. The van der Waals surface area contributed by atoms with E-state index in [4.69, 9.17) is 4.42 Å². The lowest BCUT2D eigenvalue weighted by Gasteiger charge is -2.27. The van der Waals surface area contributed by atoms with Crippen LogP contribution in [-0.2, 0) is 13.1 Å². The summed E-state index contributed by atoms with van der Waals surface area (Å²) < 4.78 is 7.58. The van der Waals surface area contributed by atoms with Crippen molar-refractivity contribution in [1.82, 2.24) is 14.5 Å². The maximum Gasteiger partial charge on any atom is 0.256 e. The predicted molar refractivity (Wildman–Crippen MR) is 101 cm³/mol. The molecule has 5 heteroatoms. The molecule has 0 atom stereocenters. The van der Waals surface area contributed by atoms with Gasteiger partial charge in [0, 0.05) is 36.4 Å². The van der Waals surface area contributed by atoms with Crippen molar-refractivity contribution in [3.05, 3.63) is 77.3 Å². The van der Waals surface area contributed by atoms with E-state index < -0.39 is 0 Å². The number of pyridine rings is 1. The lowest BCUT2D eigenvalue weighted by molar-refractivity contribution is 0.0689. The Bertz CT molecular complexity index is 864. The molecule has 3 aromatic rings. The van der Waals surface area contributed by atoms with Crippen LogP contribution in [0.3, 0.4) is 0 Å². The van der Waals surface area contributed by atoms with Crippen molar-refractivity contribution in [2.45, 2.75) is 46.8 Å². The average Bonchev–Trinajstić information content (AvgIpc) is 3.23. The number of aryl methyl sites for hydroxylation is 1. The topological polar surface area (TPSA) is 51.3 Å². The molecule has 1 amide bonds.